The Bertz CT molecular complexity index is 554. The first-order valence-corrected chi connectivity index (χ1v) is 9.77. The maximum absolute atomic E-state index is 12.5. The van der Waals surface area contributed by atoms with Gasteiger partial charge >= 0.3 is 0 Å². The maximum atomic E-state index is 12.5. The van der Waals surface area contributed by atoms with Gasteiger partial charge < -0.3 is 10.4 Å². The van der Waals surface area contributed by atoms with Crippen molar-refractivity contribution in [1.29, 1.82) is 0 Å². The molecule has 1 aromatic rings. The van der Waals surface area contributed by atoms with E-state index >= 15 is 0 Å². The molecule has 2 atom stereocenters. The fourth-order valence-corrected chi connectivity index (χ4v) is 4.10. The Morgan fingerprint density at radius 2 is 1.70 bits per heavy atom. The van der Waals surface area contributed by atoms with E-state index in [4.69, 9.17) is 5.11 Å². The number of benzene rings is 1. The van der Waals surface area contributed by atoms with Crippen LogP contribution in [-0.4, -0.2) is 43.6 Å². The third kappa shape index (κ3) is 5.57. The summed E-state index contributed by atoms with van der Waals surface area (Å²) in [5, 5.41) is 12.3. The molecule has 0 unspecified atom stereocenters. The van der Waals surface area contributed by atoms with E-state index in [2.05, 4.69) is 19.2 Å². The second kappa shape index (κ2) is 9.37. The maximum Gasteiger partial charge on any atom is 0.243 e. The summed E-state index contributed by atoms with van der Waals surface area (Å²) in [4.78, 5) is 0.338. The van der Waals surface area contributed by atoms with Crippen LogP contribution in [0.1, 0.15) is 52.1 Å². The Morgan fingerprint density at radius 1 is 1.13 bits per heavy atom. The molecule has 1 aromatic carbocycles. The van der Waals surface area contributed by atoms with E-state index in [0.717, 1.165) is 18.4 Å². The summed E-state index contributed by atoms with van der Waals surface area (Å²) >= 11 is 0. The summed E-state index contributed by atoms with van der Waals surface area (Å²) in [5.74, 6) is 0. The first kappa shape index (κ1) is 20.1. The van der Waals surface area contributed by atoms with E-state index in [1.807, 2.05) is 26.0 Å². The van der Waals surface area contributed by atoms with E-state index in [9.17, 15) is 8.42 Å². The zero-order valence-electron chi connectivity index (χ0n) is 14.6. The van der Waals surface area contributed by atoms with Gasteiger partial charge in [0.15, 0.2) is 0 Å². The molecular formula is C17H30N2O3S. The van der Waals surface area contributed by atoms with E-state index < -0.39 is 10.0 Å². The minimum Gasteiger partial charge on any atom is -0.396 e. The number of nitrogens with zero attached hydrogens (tertiary/aromatic N) is 1. The van der Waals surface area contributed by atoms with Gasteiger partial charge in [-0.3, -0.25) is 0 Å². The van der Waals surface area contributed by atoms with Crippen LogP contribution in [0.25, 0.3) is 0 Å². The van der Waals surface area contributed by atoms with Gasteiger partial charge in [-0.15, -0.1) is 0 Å². The van der Waals surface area contributed by atoms with E-state index in [1.165, 1.54) is 4.31 Å². The molecule has 0 radical (unpaired) electrons. The molecule has 0 aromatic heterocycles. The van der Waals surface area contributed by atoms with Crippen LogP contribution in [0, 0.1) is 0 Å². The van der Waals surface area contributed by atoms with Gasteiger partial charge in [0, 0.05) is 31.8 Å². The van der Waals surface area contributed by atoms with Gasteiger partial charge in [0.05, 0.1) is 4.90 Å². The van der Waals surface area contributed by atoms with Gasteiger partial charge in [0.25, 0.3) is 0 Å². The number of sulfonamides is 1. The van der Waals surface area contributed by atoms with Crippen molar-refractivity contribution in [3.63, 3.8) is 0 Å². The van der Waals surface area contributed by atoms with Crippen LogP contribution in [0.2, 0.25) is 0 Å². The van der Waals surface area contributed by atoms with Crippen molar-refractivity contribution in [2.45, 2.75) is 57.5 Å². The molecule has 6 heteroatoms. The van der Waals surface area contributed by atoms with Crippen LogP contribution in [0.4, 0.5) is 0 Å². The van der Waals surface area contributed by atoms with Gasteiger partial charge in [-0.1, -0.05) is 26.0 Å². The highest BCUT2D eigenvalue weighted by Gasteiger charge is 2.21. The lowest BCUT2D eigenvalue weighted by molar-refractivity contribution is 0.274. The predicted octanol–water partition coefficient (Wildman–Crippen LogP) is 2.53. The van der Waals surface area contributed by atoms with Crippen molar-refractivity contribution in [1.82, 2.24) is 9.62 Å². The highest BCUT2D eigenvalue weighted by molar-refractivity contribution is 7.89. The molecule has 23 heavy (non-hydrogen) atoms. The lowest BCUT2D eigenvalue weighted by Crippen LogP contribution is -2.31. The molecule has 0 amide bonds. The second-order valence-corrected chi connectivity index (χ2v) is 7.75. The highest BCUT2D eigenvalue weighted by Crippen LogP contribution is 2.20. The summed E-state index contributed by atoms with van der Waals surface area (Å²) in [5.41, 5.74) is 1.05. The Morgan fingerprint density at radius 3 is 2.17 bits per heavy atom. The smallest absolute Gasteiger partial charge is 0.243 e. The van der Waals surface area contributed by atoms with Crippen LogP contribution in [0.3, 0.4) is 0 Å². The van der Waals surface area contributed by atoms with E-state index in [1.54, 1.807) is 12.1 Å². The third-order valence-corrected chi connectivity index (χ3v) is 6.12. The quantitative estimate of drug-likeness (QED) is 0.685. The normalized spacial score (nSPS) is 14.9. The lowest BCUT2D eigenvalue weighted by atomic mass is 10.1. The molecule has 0 saturated carbocycles. The second-order valence-electron chi connectivity index (χ2n) is 5.81. The molecule has 0 aliphatic heterocycles. The Balaban J connectivity index is 2.80. The number of aliphatic hydroxyl groups is 1. The fourth-order valence-electron chi connectivity index (χ4n) is 2.64. The molecule has 0 spiro atoms. The van der Waals surface area contributed by atoms with Crippen LogP contribution < -0.4 is 5.32 Å². The predicted molar refractivity (Wildman–Crippen MR) is 93.9 cm³/mol. The highest BCUT2D eigenvalue weighted by atomic mass is 32.2. The molecule has 1 rings (SSSR count). The minimum absolute atomic E-state index is 0.133. The summed E-state index contributed by atoms with van der Waals surface area (Å²) in [7, 11) is -3.39. The standard InChI is InChI=1S/C17H30N2O3S/c1-5-19(6-2)23(21,22)17-11-9-16(10-12-17)15(4)18-14(3)8-7-13-20/h9-12,14-15,18,20H,5-8,13H2,1-4H3/t14-,15+/m0/s1. The number of aliphatic hydroxyl groups excluding tert-OH is 1. The van der Waals surface area contributed by atoms with Crippen LogP contribution in [-0.2, 0) is 10.0 Å². The zero-order chi connectivity index (χ0) is 17.5. The molecule has 5 nitrogen and oxygen atoms in total. The molecule has 0 bridgehead atoms. The van der Waals surface area contributed by atoms with Gasteiger partial charge in [0.1, 0.15) is 0 Å². The van der Waals surface area contributed by atoms with Crippen LogP contribution >= 0.6 is 0 Å². The molecule has 0 saturated heterocycles. The molecule has 0 heterocycles. The average molecular weight is 343 g/mol. The van der Waals surface area contributed by atoms with E-state index in [0.29, 0.717) is 24.0 Å². The molecule has 0 aliphatic carbocycles. The molecule has 132 valence electrons. The van der Waals surface area contributed by atoms with Crippen molar-refractivity contribution in [3.8, 4) is 0 Å². The average Bonchev–Trinajstić information content (AvgIpc) is 2.53. The summed E-state index contributed by atoms with van der Waals surface area (Å²) in [6, 6.07) is 7.53. The zero-order valence-corrected chi connectivity index (χ0v) is 15.4. The van der Waals surface area contributed by atoms with Crippen LogP contribution in [0.5, 0.6) is 0 Å². The van der Waals surface area contributed by atoms with Crippen molar-refractivity contribution in [2.24, 2.45) is 0 Å². The summed E-state index contributed by atoms with van der Waals surface area (Å²) < 4.78 is 26.4. The monoisotopic (exact) mass is 342 g/mol. The number of hydrogen-bond donors (Lipinski definition) is 2. The summed E-state index contributed by atoms with van der Waals surface area (Å²) in [6.45, 7) is 8.99. The SMILES string of the molecule is CCN(CC)S(=O)(=O)c1ccc([C@@H](C)N[C@@H](C)CCCO)cc1. The molecule has 2 N–H and O–H groups in total. The molecule has 0 fully saturated rings. The molecule has 0 aliphatic rings. The van der Waals surface area contributed by atoms with Crippen molar-refractivity contribution in [3.05, 3.63) is 29.8 Å². The number of hydrogen-bond acceptors (Lipinski definition) is 4. The van der Waals surface area contributed by atoms with Gasteiger partial charge in [-0.05, 0) is 44.4 Å². The molecular weight excluding hydrogens is 312 g/mol. The van der Waals surface area contributed by atoms with Crippen molar-refractivity contribution in [2.75, 3.05) is 19.7 Å². The summed E-state index contributed by atoms with van der Waals surface area (Å²) in [6.07, 6.45) is 1.69. The Kier molecular flexibility index (Phi) is 8.19. The first-order chi connectivity index (χ1) is 10.9. The van der Waals surface area contributed by atoms with Crippen LogP contribution in [0.15, 0.2) is 29.2 Å². The minimum atomic E-state index is -3.39. The van der Waals surface area contributed by atoms with Gasteiger partial charge in [-0.2, -0.15) is 4.31 Å². The fraction of sp³-hybridized carbons (Fsp3) is 0.647. The number of rotatable bonds is 10. The lowest BCUT2D eigenvalue weighted by Gasteiger charge is -2.21. The van der Waals surface area contributed by atoms with E-state index in [-0.39, 0.29) is 12.6 Å². The Hall–Kier alpha value is -0.950. The topological polar surface area (TPSA) is 69.6 Å². The van der Waals surface area contributed by atoms with Gasteiger partial charge in [0.2, 0.25) is 10.0 Å². The van der Waals surface area contributed by atoms with Crippen molar-refractivity contribution >= 4 is 10.0 Å². The van der Waals surface area contributed by atoms with Gasteiger partial charge in [-0.25, -0.2) is 8.42 Å². The third-order valence-electron chi connectivity index (χ3n) is 4.05. The largest absolute Gasteiger partial charge is 0.396 e. The first-order valence-electron chi connectivity index (χ1n) is 8.33. The van der Waals surface area contributed by atoms with Crippen molar-refractivity contribution < 1.29 is 13.5 Å². The number of nitrogens with one attached hydrogen (secondary N) is 1. The Labute approximate surface area is 140 Å².